The summed E-state index contributed by atoms with van der Waals surface area (Å²) in [5.41, 5.74) is 0.646. The van der Waals surface area contributed by atoms with Gasteiger partial charge in [-0.25, -0.2) is 0 Å². The van der Waals surface area contributed by atoms with Gasteiger partial charge in [-0.3, -0.25) is 0 Å². The second-order valence-corrected chi connectivity index (χ2v) is 5.56. The van der Waals surface area contributed by atoms with Crippen molar-refractivity contribution < 1.29 is 17.9 Å². The molecule has 1 N–H and O–H groups in total. The number of anilines is 1. The normalized spacial score (nSPS) is 16.7. The van der Waals surface area contributed by atoms with Crippen LogP contribution in [0, 0.1) is 5.92 Å². The van der Waals surface area contributed by atoms with Crippen molar-refractivity contribution in [3.8, 4) is 5.75 Å². The Balaban J connectivity index is 1.89. The fraction of sp³-hybridized carbons (Fsp3) is 0.500. The van der Waals surface area contributed by atoms with E-state index in [0.717, 1.165) is 25.9 Å². The highest BCUT2D eigenvalue weighted by atomic mass is 32.1. The Morgan fingerprint density at radius 2 is 1.81 bits per heavy atom. The molecule has 0 amide bonds. The van der Waals surface area contributed by atoms with E-state index < -0.39 is 6.36 Å². The highest BCUT2D eigenvalue weighted by Gasteiger charge is 2.31. The smallest absolute Gasteiger partial charge is 0.406 e. The molecule has 0 saturated carbocycles. The van der Waals surface area contributed by atoms with Gasteiger partial charge in [-0.1, -0.05) is 6.92 Å². The van der Waals surface area contributed by atoms with Gasteiger partial charge in [-0.15, -0.1) is 13.2 Å². The summed E-state index contributed by atoms with van der Waals surface area (Å²) in [5.74, 6) is 0.466. The van der Waals surface area contributed by atoms with E-state index in [2.05, 4.69) is 21.9 Å². The van der Waals surface area contributed by atoms with Gasteiger partial charge in [0.25, 0.3) is 0 Å². The zero-order chi connectivity index (χ0) is 15.5. The van der Waals surface area contributed by atoms with Crippen molar-refractivity contribution in [3.05, 3.63) is 24.3 Å². The monoisotopic (exact) mass is 318 g/mol. The summed E-state index contributed by atoms with van der Waals surface area (Å²) in [6.07, 6.45) is -2.48. The molecule has 21 heavy (non-hydrogen) atoms. The summed E-state index contributed by atoms with van der Waals surface area (Å²) in [6.45, 7) is 4.03. The minimum Gasteiger partial charge on any atom is -0.406 e. The lowest BCUT2D eigenvalue weighted by Gasteiger charge is -2.32. The molecule has 1 aliphatic rings. The lowest BCUT2D eigenvalue weighted by molar-refractivity contribution is -0.274. The molecule has 1 saturated heterocycles. The number of likely N-dealkylation sites (tertiary alicyclic amines) is 1. The van der Waals surface area contributed by atoms with Gasteiger partial charge in [0.1, 0.15) is 5.75 Å². The van der Waals surface area contributed by atoms with Gasteiger partial charge in [-0.05, 0) is 55.2 Å². The number of alkyl halides is 3. The third-order valence-electron chi connectivity index (χ3n) is 3.41. The zero-order valence-corrected chi connectivity index (χ0v) is 12.4. The Morgan fingerprint density at radius 1 is 1.24 bits per heavy atom. The first kappa shape index (κ1) is 15.9. The topological polar surface area (TPSA) is 24.5 Å². The third kappa shape index (κ3) is 5.08. The maximum Gasteiger partial charge on any atom is 0.573 e. The number of nitrogens with zero attached hydrogens (tertiary/aromatic N) is 1. The number of hydrogen-bond acceptors (Lipinski definition) is 2. The number of nitrogens with one attached hydrogen (secondary N) is 1. The second kappa shape index (κ2) is 6.51. The molecule has 2 rings (SSSR count). The Hall–Kier alpha value is -1.50. The molecule has 0 aliphatic carbocycles. The third-order valence-corrected chi connectivity index (χ3v) is 3.77. The molecule has 0 unspecified atom stereocenters. The molecular formula is C14H17F3N2OS. The molecule has 1 aromatic rings. The van der Waals surface area contributed by atoms with E-state index in [1.807, 2.05) is 0 Å². The highest BCUT2D eigenvalue weighted by molar-refractivity contribution is 7.80. The maximum atomic E-state index is 12.1. The van der Waals surface area contributed by atoms with Crippen molar-refractivity contribution in [2.24, 2.45) is 5.92 Å². The van der Waals surface area contributed by atoms with Crippen LogP contribution in [0.25, 0.3) is 0 Å². The molecule has 1 aromatic carbocycles. The first-order chi connectivity index (χ1) is 9.83. The van der Waals surface area contributed by atoms with Gasteiger partial charge in [-0.2, -0.15) is 0 Å². The quantitative estimate of drug-likeness (QED) is 0.833. The lowest BCUT2D eigenvalue weighted by atomic mass is 10.00. The van der Waals surface area contributed by atoms with Crippen LogP contribution >= 0.6 is 12.2 Å². The van der Waals surface area contributed by atoms with Crippen molar-refractivity contribution in [3.63, 3.8) is 0 Å². The first-order valence-corrected chi connectivity index (χ1v) is 7.16. The molecule has 0 atom stereocenters. The van der Waals surface area contributed by atoms with Crippen molar-refractivity contribution in [1.29, 1.82) is 0 Å². The summed E-state index contributed by atoms with van der Waals surface area (Å²) in [7, 11) is 0. The van der Waals surface area contributed by atoms with Crippen LogP contribution in [0.5, 0.6) is 5.75 Å². The van der Waals surface area contributed by atoms with Gasteiger partial charge >= 0.3 is 6.36 Å². The molecule has 0 bridgehead atoms. The van der Waals surface area contributed by atoms with Crippen molar-refractivity contribution in [2.45, 2.75) is 26.1 Å². The number of piperidine rings is 1. The number of ether oxygens (including phenoxy) is 1. The molecule has 1 fully saturated rings. The molecule has 3 nitrogen and oxygen atoms in total. The minimum atomic E-state index is -4.67. The van der Waals surface area contributed by atoms with Crippen molar-refractivity contribution in [1.82, 2.24) is 4.90 Å². The van der Waals surface area contributed by atoms with Gasteiger partial charge in [0, 0.05) is 18.8 Å². The fourth-order valence-corrected chi connectivity index (χ4v) is 2.45. The summed E-state index contributed by atoms with van der Waals surface area (Å²) in [4.78, 5) is 2.08. The Morgan fingerprint density at radius 3 is 2.33 bits per heavy atom. The second-order valence-electron chi connectivity index (χ2n) is 5.17. The Labute approximate surface area is 127 Å². The van der Waals surface area contributed by atoms with Crippen LogP contribution in [-0.2, 0) is 0 Å². The van der Waals surface area contributed by atoms with Crippen molar-refractivity contribution in [2.75, 3.05) is 18.4 Å². The van der Waals surface area contributed by atoms with E-state index in [0.29, 0.717) is 16.7 Å². The molecule has 0 aromatic heterocycles. The van der Waals surface area contributed by atoms with Gasteiger partial charge in [0.05, 0.1) is 0 Å². The van der Waals surface area contributed by atoms with Gasteiger partial charge in [0.2, 0.25) is 0 Å². The van der Waals surface area contributed by atoms with Crippen LogP contribution in [0.2, 0.25) is 0 Å². The summed E-state index contributed by atoms with van der Waals surface area (Å²) >= 11 is 5.32. The number of benzene rings is 1. The fourth-order valence-electron chi connectivity index (χ4n) is 2.15. The molecule has 0 radical (unpaired) electrons. The first-order valence-electron chi connectivity index (χ1n) is 6.75. The summed E-state index contributed by atoms with van der Waals surface area (Å²) in [6, 6.07) is 5.55. The predicted molar refractivity (Wildman–Crippen MR) is 79.3 cm³/mol. The predicted octanol–water partition coefficient (Wildman–Crippen LogP) is 4.01. The SMILES string of the molecule is CC1CCN(C(=S)Nc2ccc(OC(F)(F)F)cc2)CC1. The van der Waals surface area contributed by atoms with E-state index in [-0.39, 0.29) is 5.75 Å². The van der Waals surface area contributed by atoms with Gasteiger partial charge < -0.3 is 15.0 Å². The van der Waals surface area contributed by atoms with E-state index in [4.69, 9.17) is 12.2 Å². The van der Waals surface area contributed by atoms with E-state index in [1.54, 1.807) is 0 Å². The van der Waals surface area contributed by atoms with Crippen LogP contribution in [0.4, 0.5) is 18.9 Å². The molecule has 0 spiro atoms. The number of halogens is 3. The average molecular weight is 318 g/mol. The van der Waals surface area contributed by atoms with Gasteiger partial charge in [0.15, 0.2) is 5.11 Å². The van der Waals surface area contributed by atoms with Crippen LogP contribution in [0.3, 0.4) is 0 Å². The summed E-state index contributed by atoms with van der Waals surface area (Å²) in [5, 5.41) is 3.64. The maximum absolute atomic E-state index is 12.1. The molecule has 1 heterocycles. The average Bonchev–Trinajstić information content (AvgIpc) is 2.40. The lowest BCUT2D eigenvalue weighted by Crippen LogP contribution is -2.40. The van der Waals surface area contributed by atoms with E-state index in [9.17, 15) is 13.2 Å². The van der Waals surface area contributed by atoms with Crippen LogP contribution < -0.4 is 10.1 Å². The minimum absolute atomic E-state index is 0.245. The van der Waals surface area contributed by atoms with Crippen molar-refractivity contribution >= 4 is 23.0 Å². The molecule has 116 valence electrons. The standard InChI is InChI=1S/C14H17F3N2OS/c1-10-6-8-19(9-7-10)13(21)18-11-2-4-12(5-3-11)20-14(15,16)17/h2-5,10H,6-9H2,1H3,(H,18,21). The number of rotatable bonds is 2. The van der Waals surface area contributed by atoms with Crippen LogP contribution in [0.1, 0.15) is 19.8 Å². The highest BCUT2D eigenvalue weighted by Crippen LogP contribution is 2.24. The van der Waals surface area contributed by atoms with Crippen LogP contribution in [0.15, 0.2) is 24.3 Å². The molecule has 1 aliphatic heterocycles. The Bertz CT molecular complexity index is 482. The number of hydrogen-bond donors (Lipinski definition) is 1. The zero-order valence-electron chi connectivity index (χ0n) is 11.6. The molecular weight excluding hydrogens is 301 g/mol. The summed E-state index contributed by atoms with van der Waals surface area (Å²) < 4.78 is 40.0. The number of thiocarbonyl (C=S) groups is 1. The largest absolute Gasteiger partial charge is 0.573 e. The Kier molecular flexibility index (Phi) is 4.92. The van der Waals surface area contributed by atoms with E-state index in [1.165, 1.54) is 24.3 Å². The van der Waals surface area contributed by atoms with E-state index >= 15 is 0 Å². The molecule has 7 heteroatoms. The van der Waals surface area contributed by atoms with Crippen LogP contribution in [-0.4, -0.2) is 29.5 Å².